The molecule has 4 aliphatic rings. The van der Waals surface area contributed by atoms with Crippen LogP contribution in [-0.4, -0.2) is 11.9 Å². The predicted octanol–water partition coefficient (Wildman–Crippen LogP) is 2.64. The van der Waals surface area contributed by atoms with E-state index in [1.165, 1.54) is 19.3 Å². The standard InChI is InChI=1S/C16H22O3/c1-3-4-8-5-7(2)11-9-6-10(12(8)11)14-13(9)15(17)19-16(14)18/h7-14H,3-6H2,1-2H3. The van der Waals surface area contributed by atoms with Crippen molar-refractivity contribution in [1.29, 1.82) is 0 Å². The van der Waals surface area contributed by atoms with Gasteiger partial charge in [-0.3, -0.25) is 9.59 Å². The van der Waals surface area contributed by atoms with Crippen molar-refractivity contribution in [2.45, 2.75) is 39.5 Å². The molecule has 0 amide bonds. The Morgan fingerprint density at radius 2 is 1.68 bits per heavy atom. The van der Waals surface area contributed by atoms with E-state index >= 15 is 0 Å². The Morgan fingerprint density at radius 1 is 1.05 bits per heavy atom. The van der Waals surface area contributed by atoms with Gasteiger partial charge >= 0.3 is 11.9 Å². The Hall–Kier alpha value is -0.860. The third-order valence-corrected chi connectivity index (χ3v) is 6.57. The fourth-order valence-corrected chi connectivity index (χ4v) is 6.32. The van der Waals surface area contributed by atoms with E-state index in [0.29, 0.717) is 23.7 Å². The van der Waals surface area contributed by atoms with Gasteiger partial charge in [-0.15, -0.1) is 0 Å². The highest BCUT2D eigenvalue weighted by Crippen LogP contribution is 2.68. The highest BCUT2D eigenvalue weighted by molar-refractivity contribution is 5.97. The van der Waals surface area contributed by atoms with Gasteiger partial charge in [-0.2, -0.15) is 0 Å². The van der Waals surface area contributed by atoms with Crippen LogP contribution in [0.15, 0.2) is 0 Å². The molecule has 4 fully saturated rings. The minimum Gasteiger partial charge on any atom is -0.393 e. The second-order valence-electron chi connectivity index (χ2n) is 7.27. The molecule has 0 aromatic carbocycles. The third-order valence-electron chi connectivity index (χ3n) is 6.57. The summed E-state index contributed by atoms with van der Waals surface area (Å²) in [6, 6.07) is 0. The first kappa shape index (κ1) is 11.9. The minimum absolute atomic E-state index is 0.0802. The average Bonchev–Trinajstić information content (AvgIpc) is 3.04. The molecule has 3 nitrogen and oxygen atoms in total. The number of carbonyl (C=O) groups excluding carboxylic acids is 2. The summed E-state index contributed by atoms with van der Waals surface area (Å²) in [5, 5.41) is 0. The highest BCUT2D eigenvalue weighted by atomic mass is 16.6. The molecule has 19 heavy (non-hydrogen) atoms. The van der Waals surface area contributed by atoms with Gasteiger partial charge in [0.25, 0.3) is 0 Å². The Labute approximate surface area is 114 Å². The quantitative estimate of drug-likeness (QED) is 0.567. The second kappa shape index (κ2) is 3.83. The predicted molar refractivity (Wildman–Crippen MR) is 68.8 cm³/mol. The van der Waals surface area contributed by atoms with E-state index in [1.807, 2.05) is 0 Å². The zero-order chi connectivity index (χ0) is 13.3. The van der Waals surface area contributed by atoms with Gasteiger partial charge in [0.15, 0.2) is 0 Å². The van der Waals surface area contributed by atoms with Gasteiger partial charge in [0.1, 0.15) is 0 Å². The maximum Gasteiger partial charge on any atom is 0.317 e. The minimum atomic E-state index is -0.216. The normalized spacial score (nSPS) is 54.4. The van der Waals surface area contributed by atoms with E-state index in [1.54, 1.807) is 0 Å². The maximum atomic E-state index is 11.9. The molecule has 8 unspecified atom stereocenters. The SMILES string of the molecule is CCCC1CC(C)C2C3CC(C4C(=O)OC(=O)C34)C12. The Kier molecular flexibility index (Phi) is 2.40. The molecule has 0 aromatic rings. The molecular formula is C16H22O3. The van der Waals surface area contributed by atoms with E-state index in [-0.39, 0.29) is 23.8 Å². The monoisotopic (exact) mass is 262 g/mol. The molecule has 0 aromatic heterocycles. The topological polar surface area (TPSA) is 43.4 Å². The molecule has 8 atom stereocenters. The number of esters is 2. The molecule has 4 rings (SSSR count). The van der Waals surface area contributed by atoms with Crippen molar-refractivity contribution in [3.8, 4) is 0 Å². The first-order chi connectivity index (χ1) is 9.13. The summed E-state index contributed by atoms with van der Waals surface area (Å²) in [6.07, 6.45) is 4.93. The molecule has 0 radical (unpaired) electrons. The summed E-state index contributed by atoms with van der Waals surface area (Å²) < 4.78 is 4.93. The first-order valence-electron chi connectivity index (χ1n) is 7.89. The van der Waals surface area contributed by atoms with Gasteiger partial charge in [-0.05, 0) is 48.3 Å². The van der Waals surface area contributed by atoms with Crippen LogP contribution in [-0.2, 0) is 14.3 Å². The van der Waals surface area contributed by atoms with E-state index in [4.69, 9.17) is 4.74 Å². The molecule has 1 heterocycles. The van der Waals surface area contributed by atoms with Gasteiger partial charge in [0.05, 0.1) is 11.8 Å². The van der Waals surface area contributed by atoms with E-state index in [9.17, 15) is 9.59 Å². The Morgan fingerprint density at radius 3 is 2.32 bits per heavy atom. The summed E-state index contributed by atoms with van der Waals surface area (Å²) in [5.74, 6) is 3.18. The van der Waals surface area contributed by atoms with Crippen molar-refractivity contribution < 1.29 is 14.3 Å². The van der Waals surface area contributed by atoms with Crippen molar-refractivity contribution in [2.75, 3.05) is 0 Å². The van der Waals surface area contributed by atoms with Crippen LogP contribution in [0.5, 0.6) is 0 Å². The third kappa shape index (κ3) is 1.34. The van der Waals surface area contributed by atoms with Gasteiger partial charge < -0.3 is 4.74 Å². The van der Waals surface area contributed by atoms with Crippen molar-refractivity contribution in [3.63, 3.8) is 0 Å². The zero-order valence-electron chi connectivity index (χ0n) is 11.7. The molecule has 0 N–H and O–H groups in total. The van der Waals surface area contributed by atoms with Crippen molar-refractivity contribution in [1.82, 2.24) is 0 Å². The summed E-state index contributed by atoms with van der Waals surface area (Å²) in [6.45, 7) is 4.60. The van der Waals surface area contributed by atoms with Crippen LogP contribution < -0.4 is 0 Å². The molecule has 104 valence electrons. The molecule has 3 aliphatic carbocycles. The number of fused-ring (bicyclic) bond motifs is 8. The van der Waals surface area contributed by atoms with Crippen molar-refractivity contribution in [2.24, 2.45) is 47.3 Å². The van der Waals surface area contributed by atoms with E-state index < -0.39 is 0 Å². The second-order valence-corrected chi connectivity index (χ2v) is 7.27. The van der Waals surface area contributed by atoms with E-state index in [0.717, 1.165) is 18.3 Å². The van der Waals surface area contributed by atoms with Crippen LogP contribution >= 0.6 is 0 Å². The lowest BCUT2D eigenvalue weighted by atomic mass is 9.67. The number of carbonyl (C=O) groups is 2. The molecule has 3 saturated carbocycles. The lowest BCUT2D eigenvalue weighted by molar-refractivity contribution is -0.154. The molecule has 1 saturated heterocycles. The van der Waals surface area contributed by atoms with Gasteiger partial charge in [0, 0.05) is 0 Å². The van der Waals surface area contributed by atoms with Gasteiger partial charge in [-0.25, -0.2) is 0 Å². The summed E-state index contributed by atoms with van der Waals surface area (Å²) in [7, 11) is 0. The lowest BCUT2D eigenvalue weighted by Gasteiger charge is -2.34. The van der Waals surface area contributed by atoms with Crippen LogP contribution in [0.1, 0.15) is 39.5 Å². The average molecular weight is 262 g/mol. The fourth-order valence-electron chi connectivity index (χ4n) is 6.32. The van der Waals surface area contributed by atoms with Gasteiger partial charge in [-0.1, -0.05) is 26.7 Å². The van der Waals surface area contributed by atoms with E-state index in [2.05, 4.69) is 13.8 Å². The zero-order valence-corrected chi connectivity index (χ0v) is 11.7. The van der Waals surface area contributed by atoms with Crippen LogP contribution in [0, 0.1) is 47.3 Å². The Bertz CT molecular complexity index is 443. The number of hydrogen-bond donors (Lipinski definition) is 0. The summed E-state index contributed by atoms with van der Waals surface area (Å²) in [4.78, 5) is 23.9. The van der Waals surface area contributed by atoms with Gasteiger partial charge in [0.2, 0.25) is 0 Å². The number of cyclic esters (lactones) is 2. The largest absolute Gasteiger partial charge is 0.393 e. The van der Waals surface area contributed by atoms with Crippen LogP contribution in [0.3, 0.4) is 0 Å². The molecule has 2 bridgehead atoms. The number of rotatable bonds is 2. The van der Waals surface area contributed by atoms with Crippen molar-refractivity contribution >= 4 is 11.9 Å². The van der Waals surface area contributed by atoms with Crippen LogP contribution in [0.2, 0.25) is 0 Å². The molecule has 3 heteroatoms. The maximum absolute atomic E-state index is 11.9. The smallest absolute Gasteiger partial charge is 0.317 e. The number of hydrogen-bond acceptors (Lipinski definition) is 3. The Balaban J connectivity index is 1.69. The molecule has 0 spiro atoms. The molecular weight excluding hydrogens is 240 g/mol. The summed E-state index contributed by atoms with van der Waals surface area (Å²) in [5.41, 5.74) is 0. The van der Waals surface area contributed by atoms with Crippen molar-refractivity contribution in [3.05, 3.63) is 0 Å². The highest BCUT2D eigenvalue weighted by Gasteiger charge is 2.69. The molecule has 1 aliphatic heterocycles. The first-order valence-corrected chi connectivity index (χ1v) is 7.89. The van der Waals surface area contributed by atoms with Crippen LogP contribution in [0.25, 0.3) is 0 Å². The fraction of sp³-hybridized carbons (Fsp3) is 0.875. The number of ether oxygens (including phenoxy) is 1. The summed E-state index contributed by atoms with van der Waals surface area (Å²) >= 11 is 0. The van der Waals surface area contributed by atoms with Crippen LogP contribution in [0.4, 0.5) is 0 Å². The lowest BCUT2D eigenvalue weighted by Crippen LogP contribution is -2.37.